The summed E-state index contributed by atoms with van der Waals surface area (Å²) in [7, 11) is 3.04. The molecule has 2 aromatic carbocycles. The lowest BCUT2D eigenvalue weighted by molar-refractivity contribution is 0.0747. The number of carbonyl (C=O) groups excluding carboxylic acids is 1. The van der Waals surface area contributed by atoms with E-state index in [1.165, 1.54) is 14.2 Å². The summed E-state index contributed by atoms with van der Waals surface area (Å²) in [5.74, 6) is 0.694. The summed E-state index contributed by atoms with van der Waals surface area (Å²) >= 11 is 0. The third kappa shape index (κ3) is 5.62. The van der Waals surface area contributed by atoms with Crippen LogP contribution in [0.3, 0.4) is 0 Å². The van der Waals surface area contributed by atoms with Gasteiger partial charge in [-0.05, 0) is 17.7 Å². The van der Waals surface area contributed by atoms with E-state index in [2.05, 4.69) is 5.73 Å². The van der Waals surface area contributed by atoms with Crippen LogP contribution in [0, 0.1) is 0 Å². The van der Waals surface area contributed by atoms with Gasteiger partial charge in [0.2, 0.25) is 0 Å². The van der Waals surface area contributed by atoms with Crippen molar-refractivity contribution in [2.75, 3.05) is 14.2 Å². The normalized spacial score (nSPS) is 10.8. The average molecular weight is 333 g/mol. The lowest BCUT2D eigenvalue weighted by Crippen LogP contribution is -2.12. The molecule has 2 aromatic rings. The number of aliphatic hydroxyl groups is 1. The molecular weight excluding hydrogens is 314 g/mol. The highest BCUT2D eigenvalue weighted by Crippen LogP contribution is 2.28. The summed E-state index contributed by atoms with van der Waals surface area (Å²) < 4.78 is 10.3. The number of methoxy groups -OCH3 is 2. The molecule has 128 valence electrons. The highest BCUT2D eigenvalue weighted by Gasteiger charge is 2.20. The molecule has 7 nitrogen and oxygen atoms in total. The van der Waals surface area contributed by atoms with Crippen LogP contribution in [-0.4, -0.2) is 36.3 Å². The van der Waals surface area contributed by atoms with Crippen LogP contribution in [0.4, 0.5) is 4.79 Å². The molecule has 0 saturated heterocycles. The third-order valence-corrected chi connectivity index (χ3v) is 3.00. The van der Waals surface area contributed by atoms with Gasteiger partial charge in [-0.15, -0.1) is 0 Å². The summed E-state index contributed by atoms with van der Waals surface area (Å²) in [6.45, 7) is 0. The fourth-order valence-corrected chi connectivity index (χ4v) is 1.90. The molecule has 0 saturated carbocycles. The number of primary amides is 1. The highest BCUT2D eigenvalue weighted by atomic mass is 16.5. The Labute approximate surface area is 139 Å². The van der Waals surface area contributed by atoms with Gasteiger partial charge in [-0.25, -0.2) is 4.79 Å². The van der Waals surface area contributed by atoms with Crippen LogP contribution in [0.2, 0.25) is 0 Å². The maximum Gasteiger partial charge on any atom is 0.402 e. The Kier molecular flexibility index (Phi) is 7.25. The Morgan fingerprint density at radius 3 is 1.88 bits per heavy atom. The monoisotopic (exact) mass is 333 g/mol. The van der Waals surface area contributed by atoms with Crippen LogP contribution in [0.25, 0.3) is 0 Å². The quantitative estimate of drug-likeness (QED) is 0.722. The maximum absolute atomic E-state index is 12.2. The molecule has 0 aliphatic carbocycles. The number of aliphatic hydroxyl groups excluding tert-OH is 1. The number of carboxylic acid groups (broad SMARTS) is 1. The molecule has 1 unspecified atom stereocenters. The average Bonchev–Trinajstić information content (AvgIpc) is 2.60. The predicted molar refractivity (Wildman–Crippen MR) is 87.5 cm³/mol. The Hall–Kier alpha value is -3.06. The van der Waals surface area contributed by atoms with E-state index in [0.717, 1.165) is 0 Å². The van der Waals surface area contributed by atoms with Crippen molar-refractivity contribution in [2.45, 2.75) is 6.10 Å². The topological polar surface area (TPSA) is 119 Å². The van der Waals surface area contributed by atoms with Crippen molar-refractivity contribution in [1.29, 1.82) is 0 Å². The molecule has 2 rings (SSSR count). The molecule has 0 fully saturated rings. The minimum absolute atomic E-state index is 0.360. The molecule has 0 radical (unpaired) electrons. The van der Waals surface area contributed by atoms with Crippen LogP contribution in [0.1, 0.15) is 22.0 Å². The van der Waals surface area contributed by atoms with Crippen LogP contribution < -0.4 is 15.2 Å². The Bertz CT molecular complexity index is 660. The van der Waals surface area contributed by atoms with Gasteiger partial charge in [-0.1, -0.05) is 30.3 Å². The Morgan fingerprint density at radius 1 is 1.00 bits per heavy atom. The highest BCUT2D eigenvalue weighted by molar-refractivity contribution is 5.99. The first-order valence-corrected chi connectivity index (χ1v) is 6.87. The summed E-state index contributed by atoms with van der Waals surface area (Å²) in [5, 5.41) is 17.4. The minimum atomic E-state index is -1.33. The summed E-state index contributed by atoms with van der Waals surface area (Å²) in [5.41, 5.74) is 4.93. The number of hydrogen-bond donors (Lipinski definition) is 3. The predicted octanol–water partition coefficient (Wildman–Crippen LogP) is 2.24. The largest absolute Gasteiger partial charge is 0.497 e. The van der Waals surface area contributed by atoms with Crippen molar-refractivity contribution in [3.8, 4) is 11.5 Å². The molecule has 4 N–H and O–H groups in total. The second kappa shape index (κ2) is 9.16. The van der Waals surface area contributed by atoms with E-state index in [9.17, 15) is 9.90 Å². The van der Waals surface area contributed by atoms with Gasteiger partial charge in [0.15, 0.2) is 5.78 Å². The van der Waals surface area contributed by atoms with Crippen LogP contribution in [0.15, 0.2) is 48.5 Å². The number of nitrogens with two attached hydrogens (primary N) is 1. The first-order chi connectivity index (χ1) is 11.4. The lowest BCUT2D eigenvalue weighted by atomic mass is 9.99. The smallest absolute Gasteiger partial charge is 0.402 e. The number of amides is 1. The Morgan fingerprint density at radius 2 is 1.46 bits per heavy atom. The first kappa shape index (κ1) is 19.0. The van der Waals surface area contributed by atoms with Crippen LogP contribution in [0.5, 0.6) is 11.5 Å². The van der Waals surface area contributed by atoms with Gasteiger partial charge in [-0.3, -0.25) is 4.79 Å². The van der Waals surface area contributed by atoms with E-state index in [-0.39, 0.29) is 5.78 Å². The zero-order valence-electron chi connectivity index (χ0n) is 13.3. The maximum atomic E-state index is 12.2. The van der Waals surface area contributed by atoms with Crippen LogP contribution >= 0.6 is 0 Å². The molecule has 0 aliphatic heterocycles. The Balaban J connectivity index is 0.000000648. The number of benzene rings is 2. The number of rotatable bonds is 5. The van der Waals surface area contributed by atoms with Crippen molar-refractivity contribution < 1.29 is 29.3 Å². The summed E-state index contributed by atoms with van der Waals surface area (Å²) in [4.78, 5) is 21.0. The fourth-order valence-electron chi connectivity index (χ4n) is 1.90. The van der Waals surface area contributed by atoms with Crippen molar-refractivity contribution in [3.63, 3.8) is 0 Å². The van der Waals surface area contributed by atoms with Gasteiger partial charge < -0.3 is 25.4 Å². The van der Waals surface area contributed by atoms with Gasteiger partial charge in [0.1, 0.15) is 17.6 Å². The second-order valence-electron chi connectivity index (χ2n) is 4.62. The van der Waals surface area contributed by atoms with Gasteiger partial charge >= 0.3 is 6.09 Å². The van der Waals surface area contributed by atoms with E-state index < -0.39 is 12.2 Å². The van der Waals surface area contributed by atoms with Crippen molar-refractivity contribution in [1.82, 2.24) is 0 Å². The molecular formula is C17H19NO6. The van der Waals surface area contributed by atoms with Crippen molar-refractivity contribution in [2.24, 2.45) is 5.73 Å². The molecule has 0 aliphatic rings. The SMILES string of the molecule is COc1cc(OC)cc(C(O)C(=O)c2ccccc2)c1.NC(=O)O. The first-order valence-electron chi connectivity index (χ1n) is 6.87. The molecule has 1 amide bonds. The summed E-state index contributed by atoms with van der Waals surface area (Å²) in [6, 6.07) is 13.6. The molecule has 24 heavy (non-hydrogen) atoms. The van der Waals surface area contributed by atoms with E-state index >= 15 is 0 Å². The number of ketones is 1. The van der Waals surface area contributed by atoms with Crippen LogP contribution in [-0.2, 0) is 0 Å². The van der Waals surface area contributed by atoms with Crippen molar-refractivity contribution >= 4 is 11.9 Å². The summed E-state index contributed by atoms with van der Waals surface area (Å²) in [6.07, 6.45) is -2.58. The van der Waals surface area contributed by atoms with E-state index in [0.29, 0.717) is 22.6 Å². The van der Waals surface area contributed by atoms with Gasteiger partial charge in [0.05, 0.1) is 14.2 Å². The van der Waals surface area contributed by atoms with Gasteiger partial charge in [0.25, 0.3) is 0 Å². The lowest BCUT2D eigenvalue weighted by Gasteiger charge is -2.13. The molecule has 0 aromatic heterocycles. The fraction of sp³-hybridized carbons (Fsp3) is 0.176. The third-order valence-electron chi connectivity index (χ3n) is 3.00. The zero-order chi connectivity index (χ0) is 18.1. The van der Waals surface area contributed by atoms with E-state index in [4.69, 9.17) is 19.4 Å². The molecule has 0 heterocycles. The number of ether oxygens (including phenoxy) is 2. The van der Waals surface area contributed by atoms with Gasteiger partial charge in [0, 0.05) is 11.6 Å². The number of Topliss-reactive ketones (excluding diaryl/α,β-unsaturated/α-hetero) is 1. The van der Waals surface area contributed by atoms with Gasteiger partial charge in [-0.2, -0.15) is 0 Å². The number of carbonyl (C=O) groups is 2. The van der Waals surface area contributed by atoms with E-state index in [1.807, 2.05) is 6.07 Å². The molecule has 7 heteroatoms. The molecule has 0 bridgehead atoms. The van der Waals surface area contributed by atoms with Crippen molar-refractivity contribution in [3.05, 3.63) is 59.7 Å². The second-order valence-corrected chi connectivity index (χ2v) is 4.62. The molecule has 0 spiro atoms. The standard InChI is InChI=1S/C16H16O4.CH3NO2/c1-19-13-8-12(9-14(10-13)20-2)16(18)15(17)11-6-4-3-5-7-11;2-1(3)4/h3-10,16,18H,1-2H3;2H2,(H,3,4). The van der Waals surface area contributed by atoms with E-state index in [1.54, 1.807) is 42.5 Å². The number of hydrogen-bond acceptors (Lipinski definition) is 5. The minimum Gasteiger partial charge on any atom is -0.497 e. The molecule has 1 atom stereocenters. The zero-order valence-corrected chi connectivity index (χ0v) is 13.3.